The molecule has 0 atom stereocenters. The molecule has 6 heteroatoms. The number of rotatable bonds is 6. The van der Waals surface area contributed by atoms with E-state index >= 15 is 0 Å². The van der Waals surface area contributed by atoms with E-state index in [0.717, 1.165) is 24.2 Å². The van der Waals surface area contributed by atoms with Crippen LogP contribution in [-0.4, -0.2) is 37.5 Å². The van der Waals surface area contributed by atoms with Crippen molar-refractivity contribution in [2.75, 3.05) is 30.9 Å². The molecule has 3 rings (SSSR count). The van der Waals surface area contributed by atoms with Crippen LogP contribution in [0, 0.1) is 0 Å². The van der Waals surface area contributed by atoms with Crippen LogP contribution in [0.1, 0.15) is 24.0 Å². The highest BCUT2D eigenvalue weighted by Gasteiger charge is 2.24. The Bertz CT molecular complexity index is 819. The minimum absolute atomic E-state index is 0.0993. The van der Waals surface area contributed by atoms with E-state index in [9.17, 15) is 9.59 Å². The van der Waals surface area contributed by atoms with E-state index in [2.05, 4.69) is 21.6 Å². The van der Waals surface area contributed by atoms with E-state index in [1.807, 2.05) is 56.6 Å². The topological polar surface area (TPSA) is 64.7 Å². The highest BCUT2D eigenvalue weighted by molar-refractivity contribution is 6.01. The Labute approximate surface area is 160 Å². The molecule has 0 unspecified atom stereocenters. The third kappa shape index (κ3) is 4.86. The van der Waals surface area contributed by atoms with Crippen LogP contribution in [0.15, 0.2) is 48.5 Å². The van der Waals surface area contributed by atoms with Crippen molar-refractivity contribution in [3.05, 3.63) is 59.7 Å². The molecule has 0 aromatic heterocycles. The van der Waals surface area contributed by atoms with Gasteiger partial charge in [0.05, 0.1) is 11.4 Å². The lowest BCUT2D eigenvalue weighted by Gasteiger charge is -2.20. The standard InChI is InChI=1S/C21H26N4O2/c1-24(2)15-17-9-4-3-8-16(17)14-22-21(27)23-18-10-5-6-11-19(18)25-13-7-12-20(25)26/h3-6,8-11H,7,12-15H2,1-2H3,(H2,22,23,27). The number of nitrogens with one attached hydrogen (secondary N) is 2. The van der Waals surface area contributed by atoms with E-state index in [1.165, 1.54) is 5.56 Å². The first-order chi connectivity index (χ1) is 13.0. The second-order valence-electron chi connectivity index (χ2n) is 6.98. The molecule has 1 fully saturated rings. The van der Waals surface area contributed by atoms with Crippen LogP contribution in [0.2, 0.25) is 0 Å². The van der Waals surface area contributed by atoms with Gasteiger partial charge in [-0.25, -0.2) is 4.79 Å². The average molecular weight is 366 g/mol. The van der Waals surface area contributed by atoms with Crippen molar-refractivity contribution in [1.82, 2.24) is 10.2 Å². The summed E-state index contributed by atoms with van der Waals surface area (Å²) in [6.45, 7) is 1.96. The van der Waals surface area contributed by atoms with Gasteiger partial charge in [-0.2, -0.15) is 0 Å². The summed E-state index contributed by atoms with van der Waals surface area (Å²) < 4.78 is 0. The molecular formula is C21H26N4O2. The maximum atomic E-state index is 12.4. The monoisotopic (exact) mass is 366 g/mol. The summed E-state index contributed by atoms with van der Waals surface area (Å²) in [5.41, 5.74) is 3.67. The van der Waals surface area contributed by atoms with Gasteiger partial charge in [0.15, 0.2) is 0 Å². The normalized spacial score (nSPS) is 13.9. The molecule has 0 radical (unpaired) electrons. The maximum absolute atomic E-state index is 12.4. The molecule has 6 nitrogen and oxygen atoms in total. The smallest absolute Gasteiger partial charge is 0.319 e. The number of hydrogen-bond donors (Lipinski definition) is 2. The summed E-state index contributed by atoms with van der Waals surface area (Å²) >= 11 is 0. The summed E-state index contributed by atoms with van der Waals surface area (Å²) in [7, 11) is 4.04. The zero-order valence-corrected chi connectivity index (χ0v) is 15.9. The lowest BCUT2D eigenvalue weighted by molar-refractivity contribution is -0.117. The number of carbonyl (C=O) groups is 2. The van der Waals surface area contributed by atoms with Crippen LogP contribution in [0.4, 0.5) is 16.2 Å². The fourth-order valence-corrected chi connectivity index (χ4v) is 3.28. The molecule has 3 amide bonds. The van der Waals surface area contributed by atoms with Crippen molar-refractivity contribution >= 4 is 23.3 Å². The highest BCUT2D eigenvalue weighted by Crippen LogP contribution is 2.29. The van der Waals surface area contributed by atoms with Gasteiger partial charge in [-0.05, 0) is 43.8 Å². The third-order valence-corrected chi connectivity index (χ3v) is 4.56. The van der Waals surface area contributed by atoms with E-state index in [-0.39, 0.29) is 11.9 Å². The minimum atomic E-state index is -0.284. The van der Waals surface area contributed by atoms with Gasteiger partial charge in [0.1, 0.15) is 0 Å². The molecule has 2 aromatic rings. The van der Waals surface area contributed by atoms with Gasteiger partial charge in [-0.1, -0.05) is 36.4 Å². The number of nitrogens with zero attached hydrogens (tertiary/aromatic N) is 2. The van der Waals surface area contributed by atoms with E-state index < -0.39 is 0 Å². The number of carbonyl (C=O) groups excluding carboxylic acids is 2. The maximum Gasteiger partial charge on any atom is 0.319 e. The van der Waals surface area contributed by atoms with E-state index in [4.69, 9.17) is 0 Å². The van der Waals surface area contributed by atoms with Crippen LogP contribution in [0.5, 0.6) is 0 Å². The minimum Gasteiger partial charge on any atom is -0.334 e. The summed E-state index contributed by atoms with van der Waals surface area (Å²) in [4.78, 5) is 28.3. The Balaban J connectivity index is 1.65. The number of amides is 3. The molecule has 0 saturated carbocycles. The van der Waals surface area contributed by atoms with Crippen molar-refractivity contribution in [3.8, 4) is 0 Å². The summed E-state index contributed by atoms with van der Waals surface area (Å²) in [6.07, 6.45) is 1.41. The first-order valence-corrected chi connectivity index (χ1v) is 9.20. The van der Waals surface area contributed by atoms with Crippen molar-refractivity contribution in [1.29, 1.82) is 0 Å². The van der Waals surface area contributed by atoms with Gasteiger partial charge in [-0.15, -0.1) is 0 Å². The van der Waals surface area contributed by atoms with Crippen molar-refractivity contribution < 1.29 is 9.59 Å². The molecule has 27 heavy (non-hydrogen) atoms. The molecular weight excluding hydrogens is 340 g/mol. The Morgan fingerprint density at radius 2 is 1.78 bits per heavy atom. The van der Waals surface area contributed by atoms with Crippen LogP contribution in [0.3, 0.4) is 0 Å². The predicted molar refractivity (Wildman–Crippen MR) is 108 cm³/mol. The lowest BCUT2D eigenvalue weighted by Crippen LogP contribution is -2.31. The molecule has 0 bridgehead atoms. The average Bonchev–Trinajstić information content (AvgIpc) is 3.07. The number of benzene rings is 2. The van der Waals surface area contributed by atoms with Crippen LogP contribution >= 0.6 is 0 Å². The fourth-order valence-electron chi connectivity index (χ4n) is 3.28. The molecule has 1 heterocycles. The Morgan fingerprint density at radius 1 is 1.07 bits per heavy atom. The van der Waals surface area contributed by atoms with Crippen molar-refractivity contribution in [2.24, 2.45) is 0 Å². The van der Waals surface area contributed by atoms with Crippen molar-refractivity contribution in [3.63, 3.8) is 0 Å². The number of anilines is 2. The van der Waals surface area contributed by atoms with Gasteiger partial charge in [0, 0.05) is 26.1 Å². The van der Waals surface area contributed by atoms with Gasteiger partial charge < -0.3 is 20.4 Å². The molecule has 0 spiro atoms. The Kier molecular flexibility index (Phi) is 6.08. The van der Waals surface area contributed by atoms with Crippen LogP contribution in [-0.2, 0) is 17.9 Å². The van der Waals surface area contributed by atoms with Gasteiger partial charge in [0.25, 0.3) is 0 Å². The second kappa shape index (κ2) is 8.68. The SMILES string of the molecule is CN(C)Cc1ccccc1CNC(=O)Nc1ccccc1N1CCCC1=O. The summed E-state index contributed by atoms with van der Waals surface area (Å²) in [5.74, 6) is 0.0993. The number of urea groups is 1. The lowest BCUT2D eigenvalue weighted by atomic mass is 10.1. The van der Waals surface area contributed by atoms with Gasteiger partial charge in [0.2, 0.25) is 5.91 Å². The quantitative estimate of drug-likeness (QED) is 0.825. The Hall–Kier alpha value is -2.86. The van der Waals surface area contributed by atoms with Crippen LogP contribution < -0.4 is 15.5 Å². The fraction of sp³-hybridized carbons (Fsp3) is 0.333. The molecule has 1 aliphatic rings. The van der Waals surface area contributed by atoms with E-state index in [0.29, 0.717) is 25.2 Å². The molecule has 2 aromatic carbocycles. The van der Waals surface area contributed by atoms with Gasteiger partial charge in [-0.3, -0.25) is 4.79 Å². The number of para-hydroxylation sites is 2. The zero-order chi connectivity index (χ0) is 19.2. The zero-order valence-electron chi connectivity index (χ0n) is 15.9. The molecule has 1 aliphatic heterocycles. The van der Waals surface area contributed by atoms with Crippen molar-refractivity contribution in [2.45, 2.75) is 25.9 Å². The summed E-state index contributed by atoms with van der Waals surface area (Å²) in [5, 5.41) is 5.80. The molecule has 0 aliphatic carbocycles. The third-order valence-electron chi connectivity index (χ3n) is 4.56. The first kappa shape index (κ1) is 18.9. The molecule has 142 valence electrons. The van der Waals surface area contributed by atoms with Gasteiger partial charge >= 0.3 is 6.03 Å². The predicted octanol–water partition coefficient (Wildman–Crippen LogP) is 3.20. The summed E-state index contributed by atoms with van der Waals surface area (Å²) in [6, 6.07) is 15.2. The largest absolute Gasteiger partial charge is 0.334 e. The highest BCUT2D eigenvalue weighted by atomic mass is 16.2. The van der Waals surface area contributed by atoms with E-state index in [1.54, 1.807) is 4.90 Å². The second-order valence-corrected chi connectivity index (χ2v) is 6.98. The molecule has 2 N–H and O–H groups in total. The molecule has 1 saturated heterocycles. The van der Waals surface area contributed by atoms with Crippen LogP contribution in [0.25, 0.3) is 0 Å². The number of hydrogen-bond acceptors (Lipinski definition) is 3. The Morgan fingerprint density at radius 3 is 2.48 bits per heavy atom. The first-order valence-electron chi connectivity index (χ1n) is 9.20.